The Bertz CT molecular complexity index is 141. The Morgan fingerprint density at radius 3 is 1.19 bits per heavy atom. The van der Waals surface area contributed by atoms with Crippen molar-refractivity contribution < 1.29 is 0 Å². The molecule has 0 aromatic rings. The molecule has 1 aliphatic heterocycles. The number of rotatable bonds is 0. The predicted molar refractivity (Wildman–Crippen MR) is 79.0 cm³/mol. The third-order valence-electron chi connectivity index (χ3n) is 6.63. The van der Waals surface area contributed by atoms with E-state index in [1.165, 1.54) is 0 Å². The lowest BCUT2D eigenvalue weighted by atomic mass is 9.15. The van der Waals surface area contributed by atoms with Gasteiger partial charge >= 0.3 is 0 Å². The largest absolute Gasteiger partial charge is 0.135 e. The zero-order chi connectivity index (χ0) is 12.6. The normalized spacial score (nSPS) is 46.5. The lowest BCUT2D eigenvalue weighted by molar-refractivity contribution is 0.259. The van der Waals surface area contributed by atoms with E-state index in [9.17, 15) is 0 Å². The molecule has 1 heterocycles. The van der Waals surface area contributed by atoms with Gasteiger partial charge in [0.25, 0.3) is 0 Å². The van der Waals surface area contributed by atoms with Gasteiger partial charge in [-0.3, -0.25) is 0 Å². The van der Waals surface area contributed by atoms with Crippen molar-refractivity contribution in [3.05, 3.63) is 0 Å². The predicted octanol–water partition coefficient (Wildman–Crippen LogP) is 4.87. The summed E-state index contributed by atoms with van der Waals surface area (Å²) in [6.07, 6.45) is 0. The topological polar surface area (TPSA) is 0 Å². The van der Waals surface area contributed by atoms with Crippen LogP contribution in [0.5, 0.6) is 0 Å². The summed E-state index contributed by atoms with van der Waals surface area (Å²) in [5.74, 6) is 4.32. The minimum Gasteiger partial charge on any atom is -0.0862 e. The van der Waals surface area contributed by atoms with Gasteiger partial charge in [-0.2, -0.15) is 0 Å². The third kappa shape index (κ3) is 2.36. The molecule has 1 rings (SSSR count). The van der Waals surface area contributed by atoms with Crippen LogP contribution in [-0.4, -0.2) is 13.4 Å². The molecule has 0 nitrogen and oxygen atoms in total. The Hall–Kier alpha value is 0.130. The summed E-state index contributed by atoms with van der Waals surface area (Å²) in [4.78, 5) is 0. The fraction of sp³-hybridized carbons (Fsp3) is 1.00. The molecule has 0 bridgehead atoms. The quantitative estimate of drug-likeness (QED) is 0.511. The highest BCUT2D eigenvalue weighted by molar-refractivity contribution is 6.80. The molecule has 4 unspecified atom stereocenters. The molecule has 16 heavy (non-hydrogen) atoms. The molecule has 0 aliphatic carbocycles. The van der Waals surface area contributed by atoms with Crippen LogP contribution in [0.4, 0.5) is 0 Å². The third-order valence-corrected chi connectivity index (χ3v) is 6.63. The van der Waals surface area contributed by atoms with Gasteiger partial charge in [0.1, 0.15) is 13.4 Å². The van der Waals surface area contributed by atoms with E-state index in [0.717, 1.165) is 48.5 Å². The van der Waals surface area contributed by atoms with Crippen LogP contribution < -0.4 is 0 Å². The van der Waals surface area contributed by atoms with Crippen molar-refractivity contribution in [2.45, 2.75) is 72.5 Å². The molecule has 1 fully saturated rings. The zero-order valence-electron chi connectivity index (χ0n) is 12.6. The standard InChI is InChI=1S/C14H30B2/c1-9-10(2)12(4)15(7)14(6)16(8)13(5)11(9)3/h9-14H,1-8H3. The van der Waals surface area contributed by atoms with Gasteiger partial charge in [-0.05, 0) is 17.8 Å². The maximum absolute atomic E-state index is 2.47. The van der Waals surface area contributed by atoms with Crippen molar-refractivity contribution in [2.75, 3.05) is 0 Å². The Kier molecular flexibility index (Phi) is 4.60. The van der Waals surface area contributed by atoms with Crippen molar-refractivity contribution in [2.24, 2.45) is 17.8 Å². The monoisotopic (exact) mass is 220 g/mol. The van der Waals surface area contributed by atoms with Gasteiger partial charge in [-0.1, -0.05) is 72.5 Å². The lowest BCUT2D eigenvalue weighted by Gasteiger charge is -2.43. The van der Waals surface area contributed by atoms with E-state index < -0.39 is 0 Å². The van der Waals surface area contributed by atoms with Crippen LogP contribution in [0.3, 0.4) is 0 Å². The molecular weight excluding hydrogens is 190 g/mol. The molecule has 2 heteroatoms. The van der Waals surface area contributed by atoms with E-state index in [1.54, 1.807) is 0 Å². The number of hydrogen-bond acceptors (Lipinski definition) is 0. The summed E-state index contributed by atoms with van der Waals surface area (Å²) in [6, 6.07) is 0. The summed E-state index contributed by atoms with van der Waals surface area (Å²) in [7, 11) is 0. The maximum Gasteiger partial charge on any atom is 0.135 e. The van der Waals surface area contributed by atoms with Crippen LogP contribution in [-0.2, 0) is 0 Å². The Labute approximate surface area is 104 Å². The van der Waals surface area contributed by atoms with E-state index in [2.05, 4.69) is 55.2 Å². The van der Waals surface area contributed by atoms with Gasteiger partial charge in [0, 0.05) is 0 Å². The van der Waals surface area contributed by atoms with E-state index in [-0.39, 0.29) is 0 Å². The van der Waals surface area contributed by atoms with Crippen molar-refractivity contribution in [1.29, 1.82) is 0 Å². The molecule has 0 aromatic heterocycles. The second-order valence-electron chi connectivity index (χ2n) is 6.87. The summed E-state index contributed by atoms with van der Waals surface area (Å²) < 4.78 is 0. The molecule has 92 valence electrons. The fourth-order valence-electron chi connectivity index (χ4n) is 3.83. The first-order valence-electron chi connectivity index (χ1n) is 7.29. The van der Waals surface area contributed by atoms with Crippen LogP contribution >= 0.6 is 0 Å². The van der Waals surface area contributed by atoms with Gasteiger partial charge in [-0.25, -0.2) is 0 Å². The second kappa shape index (κ2) is 5.19. The first-order chi connectivity index (χ1) is 7.29. The van der Waals surface area contributed by atoms with E-state index in [0.29, 0.717) is 0 Å². The molecule has 4 atom stereocenters. The Morgan fingerprint density at radius 1 is 0.562 bits per heavy atom. The van der Waals surface area contributed by atoms with Crippen LogP contribution in [0.15, 0.2) is 0 Å². The van der Waals surface area contributed by atoms with Crippen molar-refractivity contribution in [1.82, 2.24) is 0 Å². The average Bonchev–Trinajstić information content (AvgIpc) is 2.30. The Morgan fingerprint density at radius 2 is 0.875 bits per heavy atom. The highest BCUT2D eigenvalue weighted by Gasteiger charge is 2.41. The van der Waals surface area contributed by atoms with E-state index in [4.69, 9.17) is 0 Å². The molecule has 0 radical (unpaired) electrons. The SMILES string of the molecule is CB1C(C)B(C)C(C)C(C)C(C)C(C)C1C. The summed E-state index contributed by atoms with van der Waals surface area (Å²) in [5, 5.41) is 0. The van der Waals surface area contributed by atoms with Crippen LogP contribution in [0.2, 0.25) is 31.0 Å². The average molecular weight is 220 g/mol. The Balaban J connectivity index is 2.98. The van der Waals surface area contributed by atoms with Crippen molar-refractivity contribution in [3.8, 4) is 0 Å². The highest BCUT2D eigenvalue weighted by Crippen LogP contribution is 2.45. The van der Waals surface area contributed by atoms with E-state index >= 15 is 0 Å². The maximum atomic E-state index is 2.47. The van der Waals surface area contributed by atoms with Gasteiger partial charge < -0.3 is 0 Å². The zero-order valence-corrected chi connectivity index (χ0v) is 12.6. The molecule has 1 saturated heterocycles. The van der Waals surface area contributed by atoms with Crippen LogP contribution in [0.25, 0.3) is 0 Å². The first-order valence-corrected chi connectivity index (χ1v) is 7.29. The lowest BCUT2D eigenvalue weighted by Crippen LogP contribution is -2.42. The summed E-state index contributed by atoms with van der Waals surface area (Å²) in [6.45, 7) is 21.5. The molecule has 0 amide bonds. The van der Waals surface area contributed by atoms with Gasteiger partial charge in [0.15, 0.2) is 0 Å². The molecule has 0 spiro atoms. The van der Waals surface area contributed by atoms with Gasteiger partial charge in [0.05, 0.1) is 0 Å². The van der Waals surface area contributed by atoms with Gasteiger partial charge in [-0.15, -0.1) is 0 Å². The van der Waals surface area contributed by atoms with Crippen LogP contribution in [0, 0.1) is 17.8 Å². The van der Waals surface area contributed by atoms with Crippen molar-refractivity contribution in [3.63, 3.8) is 0 Å². The fourth-order valence-corrected chi connectivity index (χ4v) is 3.83. The molecule has 1 aliphatic rings. The van der Waals surface area contributed by atoms with Gasteiger partial charge in [0.2, 0.25) is 0 Å². The smallest absolute Gasteiger partial charge is 0.0862 e. The van der Waals surface area contributed by atoms with E-state index in [1.807, 2.05) is 0 Å². The number of hydrogen-bond donors (Lipinski definition) is 0. The molecule has 0 aromatic carbocycles. The highest BCUT2D eigenvalue weighted by atomic mass is 14.3. The summed E-state index contributed by atoms with van der Waals surface area (Å²) in [5.41, 5.74) is 0.863. The van der Waals surface area contributed by atoms with Crippen LogP contribution in [0.1, 0.15) is 41.5 Å². The molecule has 0 N–H and O–H groups in total. The minimum atomic E-state index is 0.863. The molecule has 0 saturated carbocycles. The van der Waals surface area contributed by atoms with Crippen molar-refractivity contribution >= 4 is 13.4 Å². The minimum absolute atomic E-state index is 0.863. The second-order valence-corrected chi connectivity index (χ2v) is 6.87. The summed E-state index contributed by atoms with van der Waals surface area (Å²) >= 11 is 0. The first kappa shape index (κ1) is 14.2. The molecular formula is C14H30B2.